The molecule has 0 radical (unpaired) electrons. The van der Waals surface area contributed by atoms with Crippen molar-refractivity contribution in [2.75, 3.05) is 19.0 Å². The summed E-state index contributed by atoms with van der Waals surface area (Å²) < 4.78 is 24.0. The van der Waals surface area contributed by atoms with Crippen LogP contribution in [0, 0.1) is 12.8 Å². The maximum Gasteiger partial charge on any atom is 0.204 e. The molecule has 1 aromatic rings. The van der Waals surface area contributed by atoms with E-state index in [1.165, 1.54) is 5.56 Å². The van der Waals surface area contributed by atoms with Gasteiger partial charge in [0.25, 0.3) is 0 Å². The van der Waals surface area contributed by atoms with Crippen LogP contribution in [0.1, 0.15) is 19.4 Å². The molecule has 24 heavy (non-hydrogen) atoms. The average molecular weight is 335 g/mol. The number of methoxy groups -OCH3 is 1. The first-order chi connectivity index (χ1) is 11.4. The van der Waals surface area contributed by atoms with Crippen LogP contribution in [-0.4, -0.2) is 54.8 Å². The van der Waals surface area contributed by atoms with Crippen LogP contribution in [0.2, 0.25) is 0 Å². The van der Waals surface area contributed by atoms with E-state index in [0.29, 0.717) is 0 Å². The molecule has 6 atom stereocenters. The van der Waals surface area contributed by atoms with E-state index in [4.69, 9.17) is 18.9 Å². The highest BCUT2D eigenvalue weighted by molar-refractivity contribution is 5.47. The summed E-state index contributed by atoms with van der Waals surface area (Å²) in [6, 6.07) is 8.05. The molecule has 0 aromatic heterocycles. The topological polar surface area (TPSA) is 69.2 Å². The van der Waals surface area contributed by atoms with Gasteiger partial charge in [-0.25, -0.2) is 0 Å². The second-order valence-electron chi connectivity index (χ2n) is 7.35. The number of hydrogen-bond donors (Lipinski definition) is 2. The molecule has 6 nitrogen and oxygen atoms in total. The minimum atomic E-state index is -0.986. The smallest absolute Gasteiger partial charge is 0.204 e. The second kappa shape index (κ2) is 5.41. The van der Waals surface area contributed by atoms with E-state index in [-0.39, 0.29) is 36.9 Å². The van der Waals surface area contributed by atoms with E-state index in [1.807, 2.05) is 26.0 Å². The molecule has 0 unspecified atom stereocenters. The summed E-state index contributed by atoms with van der Waals surface area (Å²) in [7, 11) is 1.60. The van der Waals surface area contributed by atoms with Crippen molar-refractivity contribution in [1.82, 2.24) is 0 Å². The Morgan fingerprint density at radius 2 is 1.83 bits per heavy atom. The standard InChI is InChI=1S/C18H25NO5/c1-10-5-7-11(8-6-10)19-13-12(9-20)18(21-4)16-15(14(13)23-18)22-17(2,3)24-16/h5-8,12-16,19-20H,9H2,1-4H3/t12-,13+,14+,15+,16+,18-/m0/s1. The number of benzene rings is 1. The predicted molar refractivity (Wildman–Crippen MR) is 87.6 cm³/mol. The van der Waals surface area contributed by atoms with Gasteiger partial charge in [-0.15, -0.1) is 0 Å². The molecule has 2 bridgehead atoms. The summed E-state index contributed by atoms with van der Waals surface area (Å²) in [5, 5.41) is 13.5. The van der Waals surface area contributed by atoms with Crippen LogP contribution in [-0.2, 0) is 18.9 Å². The molecule has 2 N–H and O–H groups in total. The summed E-state index contributed by atoms with van der Waals surface area (Å²) in [5.74, 6) is -1.91. The molecule has 6 heteroatoms. The van der Waals surface area contributed by atoms with Crippen LogP contribution in [0.3, 0.4) is 0 Å². The molecule has 3 aliphatic heterocycles. The third-order valence-corrected chi connectivity index (χ3v) is 5.37. The monoisotopic (exact) mass is 335 g/mol. The third kappa shape index (κ3) is 2.21. The Hall–Kier alpha value is -1.18. The first-order valence-corrected chi connectivity index (χ1v) is 8.43. The molecule has 3 saturated heterocycles. The molecule has 0 amide bonds. The normalized spacial score (nSPS) is 42.3. The Morgan fingerprint density at radius 1 is 1.12 bits per heavy atom. The van der Waals surface area contributed by atoms with Crippen molar-refractivity contribution in [3.8, 4) is 0 Å². The first kappa shape index (κ1) is 16.3. The minimum absolute atomic E-state index is 0.0547. The maximum absolute atomic E-state index is 10.0. The Morgan fingerprint density at radius 3 is 2.46 bits per heavy atom. The zero-order valence-corrected chi connectivity index (χ0v) is 14.5. The molecule has 3 heterocycles. The van der Waals surface area contributed by atoms with Gasteiger partial charge in [-0.05, 0) is 32.9 Å². The highest BCUT2D eigenvalue weighted by Gasteiger charge is 2.74. The van der Waals surface area contributed by atoms with Crippen LogP contribution < -0.4 is 5.32 Å². The van der Waals surface area contributed by atoms with Gasteiger partial charge >= 0.3 is 0 Å². The van der Waals surface area contributed by atoms with Crippen molar-refractivity contribution >= 4 is 5.69 Å². The van der Waals surface area contributed by atoms with Crippen molar-refractivity contribution in [2.45, 2.75) is 56.7 Å². The third-order valence-electron chi connectivity index (χ3n) is 5.37. The van der Waals surface area contributed by atoms with E-state index in [0.717, 1.165) is 5.69 Å². The van der Waals surface area contributed by atoms with Crippen LogP contribution in [0.5, 0.6) is 0 Å². The van der Waals surface area contributed by atoms with Gasteiger partial charge in [-0.1, -0.05) is 17.7 Å². The first-order valence-electron chi connectivity index (χ1n) is 8.43. The highest BCUT2D eigenvalue weighted by atomic mass is 16.8. The predicted octanol–water partition coefficient (Wildman–Crippen LogP) is 1.66. The molecule has 0 aliphatic carbocycles. The zero-order chi connectivity index (χ0) is 17.1. The van der Waals surface area contributed by atoms with E-state index in [1.54, 1.807) is 7.11 Å². The quantitative estimate of drug-likeness (QED) is 0.872. The van der Waals surface area contributed by atoms with Crippen molar-refractivity contribution in [3.05, 3.63) is 29.8 Å². The van der Waals surface area contributed by atoms with E-state index in [9.17, 15) is 5.11 Å². The SMILES string of the molecule is CO[C@]12O[C@H]([C@H](Nc3ccc(C)cc3)[C@@H]1CO)[C@H]1OC(C)(C)O[C@H]12. The number of aryl methyl sites for hydroxylation is 1. The Balaban J connectivity index is 1.65. The number of fused-ring (bicyclic) bond motifs is 5. The van der Waals surface area contributed by atoms with Crippen LogP contribution >= 0.6 is 0 Å². The number of ether oxygens (including phenoxy) is 4. The van der Waals surface area contributed by atoms with Crippen molar-refractivity contribution in [3.63, 3.8) is 0 Å². The largest absolute Gasteiger partial charge is 0.396 e. The lowest BCUT2D eigenvalue weighted by Crippen LogP contribution is -2.59. The molecule has 3 aliphatic rings. The summed E-state index contributed by atoms with van der Waals surface area (Å²) >= 11 is 0. The van der Waals surface area contributed by atoms with Gasteiger partial charge in [0.1, 0.15) is 18.3 Å². The van der Waals surface area contributed by atoms with E-state index >= 15 is 0 Å². The summed E-state index contributed by atoms with van der Waals surface area (Å²) in [4.78, 5) is 0. The number of hydrogen-bond acceptors (Lipinski definition) is 6. The summed E-state index contributed by atoms with van der Waals surface area (Å²) in [6.45, 7) is 5.78. The van der Waals surface area contributed by atoms with E-state index in [2.05, 4.69) is 24.4 Å². The van der Waals surface area contributed by atoms with Gasteiger partial charge in [0.05, 0.1) is 18.6 Å². The summed E-state index contributed by atoms with van der Waals surface area (Å²) in [5.41, 5.74) is 2.19. The number of aliphatic hydroxyl groups excluding tert-OH is 1. The highest BCUT2D eigenvalue weighted by Crippen LogP contribution is 2.55. The van der Waals surface area contributed by atoms with Gasteiger partial charge in [-0.2, -0.15) is 0 Å². The average Bonchev–Trinajstić information content (AvgIpc) is 3.13. The van der Waals surface area contributed by atoms with Crippen molar-refractivity contribution < 1.29 is 24.1 Å². The lowest BCUT2D eigenvalue weighted by molar-refractivity contribution is -0.278. The lowest BCUT2D eigenvalue weighted by Gasteiger charge is -2.39. The Kier molecular flexibility index (Phi) is 3.67. The molecule has 1 aromatic carbocycles. The number of nitrogens with one attached hydrogen (secondary N) is 1. The number of rotatable bonds is 4. The van der Waals surface area contributed by atoms with Gasteiger partial charge in [0.15, 0.2) is 5.79 Å². The molecule has 0 saturated carbocycles. The number of anilines is 1. The molecule has 0 spiro atoms. The molecule has 132 valence electrons. The molecular formula is C18H25NO5. The molecular weight excluding hydrogens is 310 g/mol. The van der Waals surface area contributed by atoms with Crippen LogP contribution in [0.4, 0.5) is 5.69 Å². The van der Waals surface area contributed by atoms with Crippen molar-refractivity contribution in [2.24, 2.45) is 5.92 Å². The molecule has 3 fully saturated rings. The molecule has 4 rings (SSSR count). The van der Waals surface area contributed by atoms with E-state index < -0.39 is 11.6 Å². The zero-order valence-electron chi connectivity index (χ0n) is 14.5. The van der Waals surface area contributed by atoms with Gasteiger partial charge in [-0.3, -0.25) is 0 Å². The van der Waals surface area contributed by atoms with Crippen molar-refractivity contribution in [1.29, 1.82) is 0 Å². The second-order valence-corrected chi connectivity index (χ2v) is 7.35. The van der Waals surface area contributed by atoms with Crippen LogP contribution in [0.15, 0.2) is 24.3 Å². The summed E-state index contributed by atoms with van der Waals surface area (Å²) in [6.07, 6.45) is -0.795. The number of aliphatic hydroxyl groups is 1. The fourth-order valence-corrected chi connectivity index (χ4v) is 4.32. The minimum Gasteiger partial charge on any atom is -0.396 e. The fraction of sp³-hybridized carbons (Fsp3) is 0.667. The Labute approximate surface area is 142 Å². The van der Waals surface area contributed by atoms with Gasteiger partial charge < -0.3 is 29.4 Å². The van der Waals surface area contributed by atoms with Crippen LogP contribution in [0.25, 0.3) is 0 Å². The maximum atomic E-state index is 10.0. The fourth-order valence-electron chi connectivity index (χ4n) is 4.32. The van der Waals surface area contributed by atoms with Gasteiger partial charge in [0, 0.05) is 12.8 Å². The van der Waals surface area contributed by atoms with Gasteiger partial charge in [0.2, 0.25) is 5.79 Å². The lowest BCUT2D eigenvalue weighted by atomic mass is 9.78. The Bertz CT molecular complexity index is 618.